The minimum absolute atomic E-state index is 0.208. The highest BCUT2D eigenvalue weighted by atomic mass is 35.5. The van der Waals surface area contributed by atoms with Gasteiger partial charge in [0.2, 0.25) is 11.9 Å². The number of carbonyl (C=O) groups is 1. The van der Waals surface area contributed by atoms with Crippen molar-refractivity contribution in [3.05, 3.63) is 48.1 Å². The second kappa shape index (κ2) is 9.52. The van der Waals surface area contributed by atoms with Crippen LogP contribution in [-0.2, 0) is 4.79 Å². The molecule has 1 fully saturated rings. The van der Waals surface area contributed by atoms with E-state index in [2.05, 4.69) is 32.5 Å². The lowest BCUT2D eigenvalue weighted by atomic mass is 9.86. The highest BCUT2D eigenvalue weighted by Crippen LogP contribution is 2.30. The molecule has 3 rings (SSSR count). The van der Waals surface area contributed by atoms with Gasteiger partial charge >= 0.3 is 0 Å². The van der Waals surface area contributed by atoms with Crippen molar-refractivity contribution in [2.75, 3.05) is 22.6 Å². The molecule has 148 valence electrons. The number of hydrogen-bond donors (Lipinski definition) is 4. The van der Waals surface area contributed by atoms with E-state index in [1.807, 2.05) is 18.2 Å². The number of anilines is 4. The van der Waals surface area contributed by atoms with Gasteiger partial charge in [-0.15, -0.1) is 0 Å². The van der Waals surface area contributed by atoms with Crippen LogP contribution in [0.25, 0.3) is 0 Å². The number of aromatic nitrogens is 2. The molecule has 28 heavy (non-hydrogen) atoms. The zero-order valence-electron chi connectivity index (χ0n) is 15.5. The maximum absolute atomic E-state index is 11.6. The molecule has 1 amide bonds. The Bertz CT molecular complexity index is 845. The lowest BCUT2D eigenvalue weighted by molar-refractivity contribution is -0.111. The van der Waals surface area contributed by atoms with E-state index in [1.54, 1.807) is 6.07 Å². The van der Waals surface area contributed by atoms with Gasteiger partial charge in [0.05, 0.1) is 17.6 Å². The minimum Gasteiger partial charge on any atom is -0.396 e. The van der Waals surface area contributed by atoms with Gasteiger partial charge in [-0.25, -0.2) is 4.98 Å². The van der Waals surface area contributed by atoms with E-state index >= 15 is 0 Å². The highest BCUT2D eigenvalue weighted by molar-refractivity contribution is 6.33. The molecular formula is C20H24ClN5O2. The number of rotatable bonds is 7. The van der Waals surface area contributed by atoms with Crippen LogP contribution in [0.4, 0.5) is 23.1 Å². The smallest absolute Gasteiger partial charge is 0.247 e. The van der Waals surface area contributed by atoms with E-state index in [1.165, 1.54) is 12.3 Å². The maximum Gasteiger partial charge on any atom is 0.247 e. The first-order valence-electron chi connectivity index (χ1n) is 9.28. The van der Waals surface area contributed by atoms with Crippen molar-refractivity contribution in [2.45, 2.75) is 31.7 Å². The van der Waals surface area contributed by atoms with Crippen LogP contribution in [-0.4, -0.2) is 33.6 Å². The Kier molecular flexibility index (Phi) is 6.84. The number of amides is 1. The van der Waals surface area contributed by atoms with Crippen molar-refractivity contribution in [3.8, 4) is 0 Å². The average molecular weight is 402 g/mol. The second-order valence-electron chi connectivity index (χ2n) is 6.81. The lowest BCUT2D eigenvalue weighted by Crippen LogP contribution is -2.29. The molecule has 0 unspecified atom stereocenters. The third-order valence-electron chi connectivity index (χ3n) is 4.74. The molecule has 1 aromatic heterocycles. The summed E-state index contributed by atoms with van der Waals surface area (Å²) in [6, 6.07) is 7.47. The summed E-state index contributed by atoms with van der Waals surface area (Å²) in [7, 11) is 0. The van der Waals surface area contributed by atoms with Crippen LogP contribution in [0.15, 0.2) is 43.1 Å². The van der Waals surface area contributed by atoms with Gasteiger partial charge < -0.3 is 21.1 Å². The number of nitrogens with zero attached hydrogens (tertiary/aromatic N) is 2. The van der Waals surface area contributed by atoms with E-state index in [4.69, 9.17) is 11.6 Å². The Labute approximate surface area is 169 Å². The summed E-state index contributed by atoms with van der Waals surface area (Å²) in [5.74, 6) is 0.926. The molecule has 2 atom stereocenters. The Hall–Kier alpha value is -2.64. The molecule has 7 nitrogen and oxygen atoms in total. The Morgan fingerprint density at radius 1 is 1.32 bits per heavy atom. The molecule has 0 bridgehead atoms. The number of halogens is 1. The SMILES string of the molecule is C=CC(=O)Nc1ccccc1Nc1nc(N[C@H]2CCC[C@@H](CO)C2)ncc1Cl. The monoisotopic (exact) mass is 401 g/mol. The fourth-order valence-electron chi connectivity index (χ4n) is 3.31. The van der Waals surface area contributed by atoms with Gasteiger partial charge in [0.25, 0.3) is 0 Å². The first-order valence-corrected chi connectivity index (χ1v) is 9.66. The van der Waals surface area contributed by atoms with Crippen LogP contribution in [0.5, 0.6) is 0 Å². The van der Waals surface area contributed by atoms with Crippen LogP contribution in [0.1, 0.15) is 25.7 Å². The third-order valence-corrected chi connectivity index (χ3v) is 5.02. The number of nitrogens with one attached hydrogen (secondary N) is 3. The normalized spacial score (nSPS) is 18.9. The molecule has 0 aliphatic heterocycles. The van der Waals surface area contributed by atoms with E-state index in [-0.39, 0.29) is 18.6 Å². The zero-order valence-corrected chi connectivity index (χ0v) is 16.2. The summed E-state index contributed by atoms with van der Waals surface area (Å²) < 4.78 is 0. The summed E-state index contributed by atoms with van der Waals surface area (Å²) in [6.07, 6.45) is 6.77. The van der Waals surface area contributed by atoms with Crippen LogP contribution in [0.3, 0.4) is 0 Å². The molecule has 0 spiro atoms. The molecule has 2 aromatic rings. The lowest BCUT2D eigenvalue weighted by Gasteiger charge is -2.28. The van der Waals surface area contributed by atoms with E-state index in [0.29, 0.717) is 34.1 Å². The van der Waals surface area contributed by atoms with Gasteiger partial charge in [0.15, 0.2) is 5.82 Å². The van der Waals surface area contributed by atoms with Gasteiger partial charge in [0, 0.05) is 12.6 Å². The summed E-state index contributed by atoms with van der Waals surface area (Å²) >= 11 is 6.27. The summed E-state index contributed by atoms with van der Waals surface area (Å²) in [5, 5.41) is 19.0. The average Bonchev–Trinajstić information content (AvgIpc) is 2.72. The summed E-state index contributed by atoms with van der Waals surface area (Å²) in [4.78, 5) is 20.4. The third kappa shape index (κ3) is 5.21. The number of aliphatic hydroxyl groups is 1. The summed E-state index contributed by atoms with van der Waals surface area (Å²) in [5.41, 5.74) is 1.25. The predicted molar refractivity (Wildman–Crippen MR) is 112 cm³/mol. The number of para-hydroxylation sites is 2. The molecule has 1 saturated carbocycles. The van der Waals surface area contributed by atoms with Crippen LogP contribution >= 0.6 is 11.6 Å². The topological polar surface area (TPSA) is 99.2 Å². The predicted octanol–water partition coefficient (Wildman–Crippen LogP) is 3.96. The largest absolute Gasteiger partial charge is 0.396 e. The van der Waals surface area contributed by atoms with Gasteiger partial charge in [0.1, 0.15) is 5.02 Å². The standard InChI is InChI=1S/C20H24ClN5O2/c1-2-18(28)24-16-8-3-4-9-17(16)25-19-15(21)11-22-20(26-19)23-14-7-5-6-13(10-14)12-27/h2-4,8-9,11,13-14,27H,1,5-7,10,12H2,(H,24,28)(H2,22,23,25,26)/t13-,14+/m1/s1. The van der Waals surface area contributed by atoms with E-state index in [9.17, 15) is 9.90 Å². The number of aliphatic hydroxyl groups excluding tert-OH is 1. The van der Waals surface area contributed by atoms with Crippen molar-refractivity contribution in [3.63, 3.8) is 0 Å². The maximum atomic E-state index is 11.6. The molecule has 1 heterocycles. The first kappa shape index (κ1) is 20.1. The van der Waals surface area contributed by atoms with Crippen LogP contribution < -0.4 is 16.0 Å². The van der Waals surface area contributed by atoms with Crippen molar-refractivity contribution in [2.24, 2.45) is 5.92 Å². The van der Waals surface area contributed by atoms with E-state index in [0.717, 1.165) is 25.7 Å². The van der Waals surface area contributed by atoms with Crippen molar-refractivity contribution >= 4 is 40.6 Å². The van der Waals surface area contributed by atoms with Crippen molar-refractivity contribution in [1.82, 2.24) is 9.97 Å². The van der Waals surface area contributed by atoms with Crippen molar-refractivity contribution in [1.29, 1.82) is 0 Å². The van der Waals surface area contributed by atoms with Crippen molar-refractivity contribution < 1.29 is 9.90 Å². The van der Waals surface area contributed by atoms with Crippen LogP contribution in [0.2, 0.25) is 5.02 Å². The Morgan fingerprint density at radius 3 is 2.86 bits per heavy atom. The Morgan fingerprint density at radius 2 is 2.11 bits per heavy atom. The zero-order chi connectivity index (χ0) is 19.9. The van der Waals surface area contributed by atoms with Gasteiger partial charge in [-0.1, -0.05) is 36.7 Å². The summed E-state index contributed by atoms with van der Waals surface area (Å²) in [6.45, 7) is 3.67. The molecule has 1 aliphatic carbocycles. The number of benzene rings is 1. The Balaban J connectivity index is 1.75. The second-order valence-corrected chi connectivity index (χ2v) is 7.22. The van der Waals surface area contributed by atoms with Crippen LogP contribution in [0, 0.1) is 5.92 Å². The highest BCUT2D eigenvalue weighted by Gasteiger charge is 2.22. The quantitative estimate of drug-likeness (QED) is 0.524. The van der Waals surface area contributed by atoms with Gasteiger partial charge in [-0.05, 0) is 43.4 Å². The number of hydrogen-bond acceptors (Lipinski definition) is 6. The fourth-order valence-corrected chi connectivity index (χ4v) is 3.45. The minimum atomic E-state index is -0.305. The van der Waals surface area contributed by atoms with Gasteiger partial charge in [-0.2, -0.15) is 4.98 Å². The molecular weight excluding hydrogens is 378 g/mol. The molecule has 8 heteroatoms. The molecule has 1 aliphatic rings. The molecule has 0 radical (unpaired) electrons. The fraction of sp³-hybridized carbons (Fsp3) is 0.350. The molecule has 1 aromatic carbocycles. The molecule has 0 saturated heterocycles. The first-order chi connectivity index (χ1) is 13.6. The molecule has 4 N–H and O–H groups in total. The van der Waals surface area contributed by atoms with Gasteiger partial charge in [-0.3, -0.25) is 4.79 Å². The van der Waals surface area contributed by atoms with E-state index < -0.39 is 0 Å². The number of carbonyl (C=O) groups excluding carboxylic acids is 1.